The van der Waals surface area contributed by atoms with Gasteiger partial charge in [-0.25, -0.2) is 9.37 Å². The first kappa shape index (κ1) is 24.4. The minimum absolute atomic E-state index is 0.00764. The van der Waals surface area contributed by atoms with Crippen LogP contribution in [0.15, 0.2) is 89.0 Å². The van der Waals surface area contributed by atoms with Crippen LogP contribution in [0.25, 0.3) is 27.8 Å². The van der Waals surface area contributed by atoms with E-state index in [1.54, 1.807) is 6.07 Å². The summed E-state index contributed by atoms with van der Waals surface area (Å²) in [4.78, 5) is 48.2. The molecular formula is C28H21FN6O3S. The number of rotatable bonds is 6. The van der Waals surface area contributed by atoms with E-state index in [-0.39, 0.29) is 36.3 Å². The molecule has 39 heavy (non-hydrogen) atoms. The molecule has 6 rings (SSSR count). The summed E-state index contributed by atoms with van der Waals surface area (Å²) in [7, 11) is 0. The SMILES string of the molecule is O=C(Nc1cc(-c2cccs2)nn1-c1nc(-c2ccccc2)cc(=O)[nH]1)C1CC(=O)N(c2ccc(F)cc2)C1. The maximum atomic E-state index is 13.3. The fourth-order valence-corrected chi connectivity index (χ4v) is 5.14. The Bertz CT molecular complexity index is 1710. The van der Waals surface area contributed by atoms with Gasteiger partial charge in [0.2, 0.25) is 17.8 Å². The Morgan fingerprint density at radius 1 is 1.00 bits per heavy atom. The van der Waals surface area contributed by atoms with Crippen LogP contribution in [0.5, 0.6) is 0 Å². The minimum atomic E-state index is -0.640. The Balaban J connectivity index is 1.32. The molecule has 1 atom stereocenters. The van der Waals surface area contributed by atoms with Crippen molar-refractivity contribution in [3.63, 3.8) is 0 Å². The molecule has 194 valence electrons. The van der Waals surface area contributed by atoms with E-state index in [4.69, 9.17) is 0 Å². The molecule has 1 fully saturated rings. The van der Waals surface area contributed by atoms with E-state index in [2.05, 4.69) is 20.4 Å². The number of carbonyl (C=O) groups is 2. The van der Waals surface area contributed by atoms with Gasteiger partial charge in [0, 0.05) is 36.3 Å². The van der Waals surface area contributed by atoms with Gasteiger partial charge in [-0.15, -0.1) is 11.3 Å². The fourth-order valence-electron chi connectivity index (χ4n) is 4.46. The quantitative estimate of drug-likeness (QED) is 0.330. The molecule has 0 aliphatic carbocycles. The Morgan fingerprint density at radius 2 is 1.79 bits per heavy atom. The molecule has 2 amide bonds. The van der Waals surface area contributed by atoms with Crippen molar-refractivity contribution < 1.29 is 14.0 Å². The summed E-state index contributed by atoms with van der Waals surface area (Å²) in [5.41, 5.74) is 1.95. The van der Waals surface area contributed by atoms with Crippen LogP contribution >= 0.6 is 11.3 Å². The molecule has 2 aromatic carbocycles. The Morgan fingerprint density at radius 3 is 2.54 bits per heavy atom. The summed E-state index contributed by atoms with van der Waals surface area (Å²) < 4.78 is 14.7. The van der Waals surface area contributed by atoms with Gasteiger partial charge in [0.1, 0.15) is 17.3 Å². The lowest BCUT2D eigenvalue weighted by atomic mass is 10.1. The van der Waals surface area contributed by atoms with Gasteiger partial charge in [0.25, 0.3) is 5.56 Å². The average Bonchev–Trinajstić information content (AvgIpc) is 3.70. The van der Waals surface area contributed by atoms with Crippen LogP contribution in [0.2, 0.25) is 0 Å². The van der Waals surface area contributed by atoms with E-state index >= 15 is 0 Å². The molecule has 4 heterocycles. The Kier molecular flexibility index (Phi) is 6.33. The number of amides is 2. The Hall–Kier alpha value is -4.90. The zero-order chi connectivity index (χ0) is 26.9. The van der Waals surface area contributed by atoms with Gasteiger partial charge in [-0.3, -0.25) is 19.4 Å². The molecule has 0 bridgehead atoms. The molecule has 1 unspecified atom stereocenters. The van der Waals surface area contributed by atoms with Gasteiger partial charge in [0.15, 0.2) is 0 Å². The topological polar surface area (TPSA) is 113 Å². The summed E-state index contributed by atoms with van der Waals surface area (Å²) in [6, 6.07) is 21.7. The number of benzene rings is 2. The molecule has 9 nitrogen and oxygen atoms in total. The van der Waals surface area contributed by atoms with Crippen molar-refractivity contribution in [2.75, 3.05) is 16.8 Å². The average molecular weight is 541 g/mol. The number of hydrogen-bond acceptors (Lipinski definition) is 6. The summed E-state index contributed by atoms with van der Waals surface area (Å²) in [6.45, 7) is 0.154. The van der Waals surface area contributed by atoms with Crippen LogP contribution in [0.4, 0.5) is 15.9 Å². The molecule has 1 saturated heterocycles. The van der Waals surface area contributed by atoms with Gasteiger partial charge in [-0.2, -0.15) is 9.78 Å². The smallest absolute Gasteiger partial charge is 0.252 e. The number of aromatic amines is 1. The molecule has 5 aromatic rings. The summed E-state index contributed by atoms with van der Waals surface area (Å²) >= 11 is 1.48. The summed E-state index contributed by atoms with van der Waals surface area (Å²) in [6.07, 6.45) is 0.00764. The van der Waals surface area contributed by atoms with Crippen molar-refractivity contribution in [1.82, 2.24) is 19.7 Å². The molecule has 0 radical (unpaired) electrons. The van der Waals surface area contributed by atoms with Crippen LogP contribution in [0, 0.1) is 11.7 Å². The van der Waals surface area contributed by atoms with E-state index in [0.29, 0.717) is 22.9 Å². The van der Waals surface area contributed by atoms with Gasteiger partial charge < -0.3 is 10.2 Å². The van der Waals surface area contributed by atoms with Gasteiger partial charge in [-0.05, 0) is 35.7 Å². The largest absolute Gasteiger partial charge is 0.312 e. The second-order valence-electron chi connectivity index (χ2n) is 9.00. The van der Waals surface area contributed by atoms with E-state index in [9.17, 15) is 18.8 Å². The van der Waals surface area contributed by atoms with Gasteiger partial charge >= 0.3 is 0 Å². The zero-order valence-corrected chi connectivity index (χ0v) is 21.2. The van der Waals surface area contributed by atoms with Gasteiger partial charge in [-0.1, -0.05) is 36.4 Å². The zero-order valence-electron chi connectivity index (χ0n) is 20.4. The lowest BCUT2D eigenvalue weighted by molar-refractivity contribution is -0.122. The number of nitrogens with zero attached hydrogens (tertiary/aromatic N) is 4. The summed E-state index contributed by atoms with van der Waals surface area (Å²) in [5.74, 6) is -1.22. The van der Waals surface area contributed by atoms with Crippen LogP contribution < -0.4 is 15.8 Å². The molecule has 3 aromatic heterocycles. The number of aromatic nitrogens is 4. The number of halogens is 1. The number of hydrogen-bond donors (Lipinski definition) is 2. The standard InChI is InChI=1S/C28H21FN6O3S/c29-19-8-10-20(11-9-19)34-16-18(13-26(34)37)27(38)31-24-14-22(23-7-4-12-39-23)33-35(24)28-30-21(15-25(36)32-28)17-5-2-1-3-6-17/h1-12,14-15,18H,13,16H2,(H,31,38)(H,30,32,36). The third-order valence-corrected chi connectivity index (χ3v) is 7.26. The molecule has 0 saturated carbocycles. The fraction of sp³-hybridized carbons (Fsp3) is 0.107. The number of nitrogens with one attached hydrogen (secondary N) is 2. The van der Waals surface area contributed by atoms with Crippen molar-refractivity contribution in [2.45, 2.75) is 6.42 Å². The summed E-state index contributed by atoms with van der Waals surface area (Å²) in [5, 5.41) is 9.42. The molecule has 1 aliphatic rings. The maximum Gasteiger partial charge on any atom is 0.252 e. The van der Waals surface area contributed by atoms with Crippen molar-refractivity contribution in [2.24, 2.45) is 5.92 Å². The molecule has 1 aliphatic heterocycles. The first-order chi connectivity index (χ1) is 18.9. The first-order valence-corrected chi connectivity index (χ1v) is 13.0. The normalized spacial score (nSPS) is 15.1. The highest BCUT2D eigenvalue weighted by Gasteiger charge is 2.35. The van der Waals surface area contributed by atoms with Crippen molar-refractivity contribution in [3.8, 4) is 27.8 Å². The highest BCUT2D eigenvalue weighted by molar-refractivity contribution is 7.13. The molecule has 2 N–H and O–H groups in total. The lowest BCUT2D eigenvalue weighted by Gasteiger charge is -2.16. The van der Waals surface area contributed by atoms with Crippen molar-refractivity contribution in [1.29, 1.82) is 0 Å². The highest BCUT2D eigenvalue weighted by Crippen LogP contribution is 2.30. The lowest BCUT2D eigenvalue weighted by Crippen LogP contribution is -2.28. The monoisotopic (exact) mass is 540 g/mol. The third-order valence-electron chi connectivity index (χ3n) is 6.37. The first-order valence-electron chi connectivity index (χ1n) is 12.1. The molecule has 11 heteroatoms. The van der Waals surface area contributed by atoms with Crippen LogP contribution in [-0.4, -0.2) is 38.1 Å². The molecular weight excluding hydrogens is 519 g/mol. The number of carbonyl (C=O) groups excluding carboxylic acids is 2. The predicted molar refractivity (Wildman–Crippen MR) is 146 cm³/mol. The van der Waals surface area contributed by atoms with Crippen molar-refractivity contribution >= 4 is 34.7 Å². The van der Waals surface area contributed by atoms with Crippen LogP contribution in [-0.2, 0) is 9.59 Å². The van der Waals surface area contributed by atoms with Gasteiger partial charge in [0.05, 0.1) is 16.5 Å². The van der Waals surface area contributed by atoms with E-state index in [1.165, 1.54) is 51.3 Å². The van der Waals surface area contributed by atoms with E-state index in [1.807, 2.05) is 47.8 Å². The third kappa shape index (κ3) is 4.99. The highest BCUT2D eigenvalue weighted by atomic mass is 32.1. The molecule has 0 spiro atoms. The number of thiophene rings is 1. The van der Waals surface area contributed by atoms with Crippen LogP contribution in [0.1, 0.15) is 6.42 Å². The Labute approximate surface area is 225 Å². The maximum absolute atomic E-state index is 13.3. The predicted octanol–water partition coefficient (Wildman–Crippen LogP) is 4.48. The van der Waals surface area contributed by atoms with E-state index < -0.39 is 11.7 Å². The number of H-pyrrole nitrogens is 1. The van der Waals surface area contributed by atoms with Crippen LogP contribution in [0.3, 0.4) is 0 Å². The number of anilines is 2. The second kappa shape index (κ2) is 10.1. The van der Waals surface area contributed by atoms with Crippen molar-refractivity contribution in [3.05, 3.63) is 100 Å². The second-order valence-corrected chi connectivity index (χ2v) is 9.94. The minimum Gasteiger partial charge on any atom is -0.312 e. The van der Waals surface area contributed by atoms with E-state index in [0.717, 1.165) is 10.4 Å².